The van der Waals surface area contributed by atoms with E-state index in [1.807, 2.05) is 20.8 Å². The highest BCUT2D eigenvalue weighted by atomic mass is 16.1. The van der Waals surface area contributed by atoms with Gasteiger partial charge in [-0.3, -0.25) is 9.59 Å². The Hall–Kier alpha value is -0.660. The van der Waals surface area contributed by atoms with Gasteiger partial charge in [0.2, 0.25) is 0 Å². The van der Waals surface area contributed by atoms with E-state index in [1.54, 1.807) is 6.92 Å². The molecule has 0 aliphatic heterocycles. The summed E-state index contributed by atoms with van der Waals surface area (Å²) in [4.78, 5) is 22.6. The largest absolute Gasteiger partial charge is 0.299 e. The number of hydrogen-bond donors (Lipinski definition) is 0. The van der Waals surface area contributed by atoms with E-state index in [-0.39, 0.29) is 17.5 Å². The van der Waals surface area contributed by atoms with Crippen LogP contribution in [-0.2, 0) is 9.59 Å². The average Bonchev–Trinajstić information content (AvgIpc) is 2.02. The van der Waals surface area contributed by atoms with Crippen molar-refractivity contribution in [2.45, 2.75) is 40.5 Å². The van der Waals surface area contributed by atoms with Crippen molar-refractivity contribution in [3.05, 3.63) is 0 Å². The van der Waals surface area contributed by atoms with Gasteiger partial charge in [0, 0.05) is 12.3 Å². The minimum Gasteiger partial charge on any atom is -0.299 e. The molecule has 70 valence electrons. The van der Waals surface area contributed by atoms with Gasteiger partial charge < -0.3 is 0 Å². The van der Waals surface area contributed by atoms with Gasteiger partial charge in [0.1, 0.15) is 11.6 Å². The van der Waals surface area contributed by atoms with Crippen LogP contribution < -0.4 is 0 Å². The highest BCUT2D eigenvalue weighted by Crippen LogP contribution is 2.10. The van der Waals surface area contributed by atoms with Crippen LogP contribution in [0, 0.1) is 11.8 Å². The van der Waals surface area contributed by atoms with Crippen LogP contribution in [0.5, 0.6) is 0 Å². The Morgan fingerprint density at radius 3 is 2.00 bits per heavy atom. The van der Waals surface area contributed by atoms with Gasteiger partial charge in [-0.2, -0.15) is 0 Å². The second kappa shape index (κ2) is 5.07. The van der Waals surface area contributed by atoms with Gasteiger partial charge >= 0.3 is 0 Å². The lowest BCUT2D eigenvalue weighted by atomic mass is 9.91. The molecule has 0 N–H and O–H groups in total. The van der Waals surface area contributed by atoms with Crippen LogP contribution in [-0.4, -0.2) is 11.6 Å². The summed E-state index contributed by atoms with van der Waals surface area (Å²) in [5, 5.41) is 0. The Morgan fingerprint density at radius 1 is 1.17 bits per heavy atom. The van der Waals surface area contributed by atoms with Crippen LogP contribution in [0.15, 0.2) is 0 Å². The van der Waals surface area contributed by atoms with Crippen LogP contribution in [0.1, 0.15) is 40.5 Å². The molecule has 0 aliphatic carbocycles. The van der Waals surface area contributed by atoms with Crippen molar-refractivity contribution in [1.82, 2.24) is 0 Å². The van der Waals surface area contributed by atoms with E-state index in [0.717, 1.165) is 6.42 Å². The van der Waals surface area contributed by atoms with Gasteiger partial charge in [0.05, 0.1) is 5.92 Å². The summed E-state index contributed by atoms with van der Waals surface area (Å²) in [6.07, 6.45) is 1.36. The van der Waals surface area contributed by atoms with Crippen molar-refractivity contribution in [2.75, 3.05) is 0 Å². The molecule has 0 heterocycles. The fourth-order valence-corrected chi connectivity index (χ4v) is 1.12. The van der Waals surface area contributed by atoms with Crippen molar-refractivity contribution < 1.29 is 9.59 Å². The summed E-state index contributed by atoms with van der Waals surface area (Å²) in [7, 11) is 0. The molecule has 0 rings (SSSR count). The molecule has 0 bridgehead atoms. The lowest BCUT2D eigenvalue weighted by Crippen LogP contribution is -2.24. The van der Waals surface area contributed by atoms with Crippen LogP contribution in [0.2, 0.25) is 0 Å². The molecule has 0 aliphatic rings. The zero-order valence-electron chi connectivity index (χ0n) is 8.39. The maximum atomic E-state index is 11.3. The second-order valence-electron chi connectivity index (χ2n) is 3.50. The normalized spacial score (nSPS) is 13.1. The Bertz CT molecular complexity index is 171. The minimum absolute atomic E-state index is 0.0270. The van der Waals surface area contributed by atoms with Crippen LogP contribution in [0.3, 0.4) is 0 Å². The molecule has 2 heteroatoms. The van der Waals surface area contributed by atoms with Gasteiger partial charge in [-0.1, -0.05) is 20.8 Å². The van der Waals surface area contributed by atoms with E-state index in [4.69, 9.17) is 0 Å². The lowest BCUT2D eigenvalue weighted by molar-refractivity contribution is -0.133. The first-order valence-corrected chi connectivity index (χ1v) is 4.57. The fourth-order valence-electron chi connectivity index (χ4n) is 1.12. The van der Waals surface area contributed by atoms with Crippen LogP contribution in [0.25, 0.3) is 0 Å². The van der Waals surface area contributed by atoms with Crippen molar-refractivity contribution in [3.63, 3.8) is 0 Å². The Labute approximate surface area is 74.3 Å². The van der Waals surface area contributed by atoms with Gasteiger partial charge in [-0.05, 0) is 13.3 Å². The molecule has 0 amide bonds. The first-order chi connectivity index (χ1) is 5.50. The second-order valence-corrected chi connectivity index (χ2v) is 3.50. The van der Waals surface area contributed by atoms with Crippen molar-refractivity contribution in [2.24, 2.45) is 11.8 Å². The molecule has 0 saturated heterocycles. The van der Waals surface area contributed by atoms with E-state index in [1.165, 1.54) is 0 Å². The first kappa shape index (κ1) is 11.3. The molecule has 0 aromatic heterocycles. The first-order valence-electron chi connectivity index (χ1n) is 4.57. The van der Waals surface area contributed by atoms with E-state index in [2.05, 4.69) is 0 Å². The van der Waals surface area contributed by atoms with E-state index < -0.39 is 5.92 Å². The van der Waals surface area contributed by atoms with Crippen molar-refractivity contribution in [1.29, 1.82) is 0 Å². The number of hydrogen-bond acceptors (Lipinski definition) is 2. The molecular weight excluding hydrogens is 152 g/mol. The summed E-state index contributed by atoms with van der Waals surface area (Å²) in [6.45, 7) is 7.32. The van der Waals surface area contributed by atoms with Gasteiger partial charge in [-0.25, -0.2) is 0 Å². The summed E-state index contributed by atoms with van der Waals surface area (Å²) in [5.74, 6) is -0.282. The molecule has 0 aromatic rings. The number of carbonyl (C=O) groups excluding carboxylic acids is 2. The molecule has 2 nitrogen and oxygen atoms in total. The van der Waals surface area contributed by atoms with Gasteiger partial charge in [0.25, 0.3) is 0 Å². The third kappa shape index (κ3) is 3.16. The Morgan fingerprint density at radius 2 is 1.67 bits per heavy atom. The standard InChI is InChI=1S/C10H18O2/c1-5-6-9(11)8(4)10(12)7(2)3/h7-8H,5-6H2,1-4H3. The van der Waals surface area contributed by atoms with Gasteiger partial charge in [-0.15, -0.1) is 0 Å². The Balaban J connectivity index is 4.10. The average molecular weight is 170 g/mol. The van der Waals surface area contributed by atoms with Gasteiger partial charge in [0.15, 0.2) is 0 Å². The molecule has 1 atom stereocenters. The summed E-state index contributed by atoms with van der Waals surface area (Å²) in [5.41, 5.74) is 0. The minimum atomic E-state index is -0.398. The van der Waals surface area contributed by atoms with Crippen LogP contribution in [0.4, 0.5) is 0 Å². The smallest absolute Gasteiger partial charge is 0.145 e. The molecule has 0 fully saturated rings. The van der Waals surface area contributed by atoms with E-state index in [9.17, 15) is 9.59 Å². The molecule has 0 aromatic carbocycles. The lowest BCUT2D eigenvalue weighted by Gasteiger charge is -2.10. The maximum Gasteiger partial charge on any atom is 0.145 e. The zero-order chi connectivity index (χ0) is 9.72. The molecule has 0 radical (unpaired) electrons. The zero-order valence-corrected chi connectivity index (χ0v) is 8.39. The molecule has 0 saturated carbocycles. The monoisotopic (exact) mass is 170 g/mol. The Kier molecular flexibility index (Phi) is 4.79. The SMILES string of the molecule is CCCC(=O)C(C)C(=O)C(C)C. The van der Waals surface area contributed by atoms with Crippen LogP contribution >= 0.6 is 0 Å². The van der Waals surface area contributed by atoms with E-state index >= 15 is 0 Å². The highest BCUT2D eigenvalue weighted by molar-refractivity contribution is 6.02. The molecule has 1 unspecified atom stereocenters. The highest BCUT2D eigenvalue weighted by Gasteiger charge is 2.22. The molecular formula is C10H18O2. The fraction of sp³-hybridized carbons (Fsp3) is 0.800. The summed E-state index contributed by atoms with van der Waals surface area (Å²) < 4.78 is 0. The third-order valence-electron chi connectivity index (χ3n) is 1.98. The van der Waals surface area contributed by atoms with E-state index in [0.29, 0.717) is 6.42 Å². The number of carbonyl (C=O) groups is 2. The number of Topliss-reactive ketones (excluding diaryl/α,β-unsaturated/α-hetero) is 2. The topological polar surface area (TPSA) is 34.1 Å². The molecule has 12 heavy (non-hydrogen) atoms. The van der Waals surface area contributed by atoms with Crippen molar-refractivity contribution in [3.8, 4) is 0 Å². The maximum absolute atomic E-state index is 11.3. The number of rotatable bonds is 5. The van der Waals surface area contributed by atoms with Crippen molar-refractivity contribution >= 4 is 11.6 Å². The summed E-state index contributed by atoms with van der Waals surface area (Å²) in [6, 6.07) is 0. The number of ketones is 2. The predicted molar refractivity (Wildman–Crippen MR) is 48.9 cm³/mol. The molecule has 0 spiro atoms. The summed E-state index contributed by atoms with van der Waals surface area (Å²) >= 11 is 0. The third-order valence-corrected chi connectivity index (χ3v) is 1.98. The predicted octanol–water partition coefficient (Wildman–Crippen LogP) is 2.22. The quantitative estimate of drug-likeness (QED) is 0.593.